The van der Waals surface area contributed by atoms with Gasteiger partial charge in [0.2, 0.25) is 11.7 Å². The Kier molecular flexibility index (Phi) is 2.41. The van der Waals surface area contributed by atoms with Crippen molar-refractivity contribution in [2.45, 2.75) is 18.3 Å². The summed E-state index contributed by atoms with van der Waals surface area (Å²) in [6, 6.07) is 3.50. The van der Waals surface area contributed by atoms with Crippen LogP contribution in [0.15, 0.2) is 22.7 Å². The number of aromatic nitrogens is 2. The molecule has 1 aliphatic carbocycles. The molecule has 1 saturated carbocycles. The van der Waals surface area contributed by atoms with E-state index in [4.69, 9.17) is 10.3 Å². The summed E-state index contributed by atoms with van der Waals surface area (Å²) in [5.41, 5.74) is 5.84. The number of halogens is 2. The highest BCUT2D eigenvalue weighted by atomic mass is 19.2. The quantitative estimate of drug-likeness (QED) is 0.906. The summed E-state index contributed by atoms with van der Waals surface area (Å²) in [6.07, 6.45) is 1.84. The van der Waals surface area contributed by atoms with Gasteiger partial charge in [-0.05, 0) is 31.0 Å². The Morgan fingerprint density at radius 2 is 2.06 bits per heavy atom. The van der Waals surface area contributed by atoms with Crippen LogP contribution in [-0.4, -0.2) is 16.7 Å². The third kappa shape index (κ3) is 1.69. The fourth-order valence-electron chi connectivity index (χ4n) is 1.85. The summed E-state index contributed by atoms with van der Waals surface area (Å²) < 4.78 is 31.1. The first-order valence-corrected chi connectivity index (χ1v) is 5.64. The average Bonchev–Trinajstić information content (AvgIpc) is 3.02. The smallest absolute Gasteiger partial charge is 0.234 e. The molecule has 0 aliphatic heterocycles. The van der Waals surface area contributed by atoms with Gasteiger partial charge in [-0.2, -0.15) is 4.98 Å². The van der Waals surface area contributed by atoms with Gasteiger partial charge in [-0.15, -0.1) is 0 Å². The molecule has 1 aliphatic rings. The minimum atomic E-state index is -0.932. The molecule has 0 saturated heterocycles. The maximum atomic E-state index is 13.1. The molecule has 1 heterocycles. The Morgan fingerprint density at radius 1 is 1.28 bits per heavy atom. The second kappa shape index (κ2) is 3.84. The van der Waals surface area contributed by atoms with Crippen LogP contribution >= 0.6 is 0 Å². The number of rotatable bonds is 3. The molecule has 0 radical (unpaired) electrons. The van der Waals surface area contributed by atoms with Crippen molar-refractivity contribution in [3.63, 3.8) is 0 Å². The third-order valence-corrected chi connectivity index (χ3v) is 3.30. The lowest BCUT2D eigenvalue weighted by Gasteiger charge is -2.03. The van der Waals surface area contributed by atoms with Gasteiger partial charge in [-0.3, -0.25) is 0 Å². The van der Waals surface area contributed by atoms with Gasteiger partial charge in [-0.1, -0.05) is 5.16 Å². The monoisotopic (exact) mass is 251 g/mol. The normalized spacial score (nSPS) is 16.8. The van der Waals surface area contributed by atoms with Crippen LogP contribution in [0.4, 0.5) is 8.78 Å². The van der Waals surface area contributed by atoms with E-state index in [1.54, 1.807) is 0 Å². The van der Waals surface area contributed by atoms with Gasteiger partial charge in [0.05, 0.1) is 5.41 Å². The molecule has 0 unspecified atom stereocenters. The molecule has 0 spiro atoms. The highest BCUT2D eigenvalue weighted by Gasteiger charge is 2.48. The summed E-state index contributed by atoms with van der Waals surface area (Å²) in [5, 5.41) is 3.78. The van der Waals surface area contributed by atoms with Crippen molar-refractivity contribution >= 4 is 0 Å². The van der Waals surface area contributed by atoms with Gasteiger partial charge >= 0.3 is 0 Å². The molecule has 4 nitrogen and oxygen atoms in total. The maximum Gasteiger partial charge on any atom is 0.234 e. The van der Waals surface area contributed by atoms with Crippen LogP contribution in [0.25, 0.3) is 11.4 Å². The van der Waals surface area contributed by atoms with Crippen LogP contribution in [0.1, 0.15) is 18.7 Å². The number of hydrogen-bond acceptors (Lipinski definition) is 4. The molecule has 0 bridgehead atoms. The Balaban J connectivity index is 1.95. The van der Waals surface area contributed by atoms with Gasteiger partial charge in [0.25, 0.3) is 0 Å². The summed E-state index contributed by atoms with van der Waals surface area (Å²) in [4.78, 5) is 4.21. The molecule has 1 aromatic heterocycles. The van der Waals surface area contributed by atoms with Crippen molar-refractivity contribution in [1.29, 1.82) is 0 Å². The molecule has 18 heavy (non-hydrogen) atoms. The summed E-state index contributed by atoms with van der Waals surface area (Å²) >= 11 is 0. The minimum Gasteiger partial charge on any atom is -0.338 e. The van der Waals surface area contributed by atoms with E-state index in [2.05, 4.69) is 10.1 Å². The zero-order valence-corrected chi connectivity index (χ0v) is 9.49. The van der Waals surface area contributed by atoms with E-state index in [0.717, 1.165) is 25.0 Å². The molecule has 2 aromatic rings. The van der Waals surface area contributed by atoms with Crippen LogP contribution < -0.4 is 5.73 Å². The Labute approximate surface area is 102 Å². The molecule has 1 aromatic carbocycles. The van der Waals surface area contributed by atoms with Crippen molar-refractivity contribution in [3.05, 3.63) is 35.7 Å². The van der Waals surface area contributed by atoms with E-state index < -0.39 is 11.6 Å². The van der Waals surface area contributed by atoms with E-state index in [1.165, 1.54) is 6.07 Å². The first-order chi connectivity index (χ1) is 8.64. The lowest BCUT2D eigenvalue weighted by molar-refractivity contribution is 0.347. The molecule has 0 atom stereocenters. The van der Waals surface area contributed by atoms with E-state index >= 15 is 0 Å². The van der Waals surface area contributed by atoms with Crippen LogP contribution in [0.5, 0.6) is 0 Å². The van der Waals surface area contributed by atoms with Gasteiger partial charge in [-0.25, -0.2) is 8.78 Å². The first kappa shape index (κ1) is 11.3. The fraction of sp³-hybridized carbons (Fsp3) is 0.333. The van der Waals surface area contributed by atoms with Crippen LogP contribution in [0.2, 0.25) is 0 Å². The Morgan fingerprint density at radius 3 is 2.67 bits per heavy atom. The van der Waals surface area contributed by atoms with E-state index in [0.29, 0.717) is 18.0 Å². The predicted molar refractivity (Wildman–Crippen MR) is 59.6 cm³/mol. The highest BCUT2D eigenvalue weighted by molar-refractivity contribution is 5.54. The second-order valence-electron chi connectivity index (χ2n) is 4.54. The number of nitrogens with two attached hydrogens (primary N) is 1. The standard InChI is InChI=1S/C12H11F2N3O/c13-8-2-1-7(5-9(8)14)10-16-11(18-17-10)12(6-15)3-4-12/h1-2,5H,3-4,6,15H2. The van der Waals surface area contributed by atoms with E-state index in [9.17, 15) is 8.78 Å². The van der Waals surface area contributed by atoms with E-state index in [-0.39, 0.29) is 11.2 Å². The van der Waals surface area contributed by atoms with Crippen molar-refractivity contribution in [1.82, 2.24) is 10.1 Å². The number of nitrogens with zero attached hydrogens (tertiary/aromatic N) is 2. The summed E-state index contributed by atoms with van der Waals surface area (Å²) in [7, 11) is 0. The molecular weight excluding hydrogens is 240 g/mol. The Hall–Kier alpha value is -1.82. The zero-order chi connectivity index (χ0) is 12.8. The number of hydrogen-bond donors (Lipinski definition) is 1. The molecule has 0 amide bonds. The maximum absolute atomic E-state index is 13.1. The molecule has 3 rings (SSSR count). The molecule has 6 heteroatoms. The highest BCUT2D eigenvalue weighted by Crippen LogP contribution is 2.46. The van der Waals surface area contributed by atoms with Crippen molar-refractivity contribution in [2.75, 3.05) is 6.54 Å². The topological polar surface area (TPSA) is 64.9 Å². The van der Waals surface area contributed by atoms with Crippen molar-refractivity contribution in [2.24, 2.45) is 5.73 Å². The molecular formula is C12H11F2N3O. The molecule has 94 valence electrons. The van der Waals surface area contributed by atoms with Gasteiger partial charge < -0.3 is 10.3 Å². The lowest BCUT2D eigenvalue weighted by Crippen LogP contribution is -2.19. The summed E-state index contributed by atoms with van der Waals surface area (Å²) in [5.74, 6) is -1.10. The van der Waals surface area contributed by atoms with E-state index in [1.807, 2.05) is 0 Å². The van der Waals surface area contributed by atoms with Gasteiger partial charge in [0.1, 0.15) is 0 Å². The van der Waals surface area contributed by atoms with Crippen molar-refractivity contribution < 1.29 is 13.3 Å². The van der Waals surface area contributed by atoms with Crippen LogP contribution in [0.3, 0.4) is 0 Å². The second-order valence-corrected chi connectivity index (χ2v) is 4.54. The fourth-order valence-corrected chi connectivity index (χ4v) is 1.85. The SMILES string of the molecule is NCC1(c2nc(-c3ccc(F)c(F)c3)no2)CC1. The number of benzene rings is 1. The molecule has 1 fully saturated rings. The van der Waals surface area contributed by atoms with Gasteiger partial charge in [0, 0.05) is 12.1 Å². The predicted octanol–water partition coefficient (Wildman–Crippen LogP) is 2.01. The van der Waals surface area contributed by atoms with Gasteiger partial charge in [0.15, 0.2) is 11.6 Å². The van der Waals surface area contributed by atoms with Crippen LogP contribution in [0, 0.1) is 11.6 Å². The average molecular weight is 251 g/mol. The minimum absolute atomic E-state index is 0.205. The Bertz CT molecular complexity index is 593. The van der Waals surface area contributed by atoms with Crippen LogP contribution in [-0.2, 0) is 5.41 Å². The molecule has 2 N–H and O–H groups in total. The zero-order valence-electron chi connectivity index (χ0n) is 9.49. The first-order valence-electron chi connectivity index (χ1n) is 5.64. The summed E-state index contributed by atoms with van der Waals surface area (Å²) in [6.45, 7) is 0.451. The third-order valence-electron chi connectivity index (χ3n) is 3.30. The van der Waals surface area contributed by atoms with Crippen molar-refractivity contribution in [3.8, 4) is 11.4 Å². The largest absolute Gasteiger partial charge is 0.338 e. The lowest BCUT2D eigenvalue weighted by atomic mass is 10.1.